The second-order valence-electron chi connectivity index (χ2n) is 7.54. The van der Waals surface area contributed by atoms with Crippen LogP contribution < -0.4 is 15.6 Å². The third kappa shape index (κ3) is 5.41. The smallest absolute Gasteiger partial charge is 0.406 e. The maximum Gasteiger partial charge on any atom is 0.573 e. The van der Waals surface area contributed by atoms with Gasteiger partial charge in [-0.05, 0) is 55.3 Å². The van der Waals surface area contributed by atoms with E-state index in [1.54, 1.807) is 0 Å². The first kappa shape index (κ1) is 24.2. The number of carbonyl (C=O) groups is 1. The molecule has 1 aromatic heterocycles. The molecule has 0 aliphatic carbocycles. The Kier molecular flexibility index (Phi) is 6.94. The fraction of sp³-hybridized carbons (Fsp3) is 0.261. The Bertz CT molecular complexity index is 1290. The first-order chi connectivity index (χ1) is 16.1. The fourth-order valence-corrected chi connectivity index (χ4v) is 5.27. The molecular weight excluding hydrogens is 487 g/mol. The fourth-order valence-electron chi connectivity index (χ4n) is 3.42. The van der Waals surface area contributed by atoms with Crippen molar-refractivity contribution in [3.63, 3.8) is 0 Å². The number of thioether (sulfide) groups is 2. The number of fused-ring (bicyclic) bond motifs is 1. The van der Waals surface area contributed by atoms with Gasteiger partial charge in [0.1, 0.15) is 5.75 Å². The number of aromatic nitrogens is 2. The van der Waals surface area contributed by atoms with Crippen LogP contribution in [0.2, 0.25) is 0 Å². The van der Waals surface area contributed by atoms with Crippen molar-refractivity contribution in [3.05, 3.63) is 69.6 Å². The molecule has 178 valence electrons. The molecule has 0 spiro atoms. The lowest BCUT2D eigenvalue weighted by atomic mass is 10.1. The van der Waals surface area contributed by atoms with E-state index in [1.807, 2.05) is 32.0 Å². The summed E-state index contributed by atoms with van der Waals surface area (Å²) in [5.74, 6) is 0.0660. The van der Waals surface area contributed by atoms with Gasteiger partial charge >= 0.3 is 6.36 Å². The van der Waals surface area contributed by atoms with Gasteiger partial charge in [-0.25, -0.2) is 4.98 Å². The molecule has 4 rings (SSSR count). The molecule has 1 amide bonds. The van der Waals surface area contributed by atoms with Gasteiger partial charge in [-0.2, -0.15) is 0 Å². The predicted molar refractivity (Wildman–Crippen MR) is 126 cm³/mol. The Morgan fingerprint density at radius 2 is 1.94 bits per heavy atom. The molecule has 0 bridgehead atoms. The number of anilines is 1. The highest BCUT2D eigenvalue weighted by Crippen LogP contribution is 2.31. The quantitative estimate of drug-likeness (QED) is 0.369. The molecule has 1 aliphatic heterocycles. The molecule has 1 N–H and O–H groups in total. The third-order valence-electron chi connectivity index (χ3n) is 5.21. The summed E-state index contributed by atoms with van der Waals surface area (Å²) < 4.78 is 42.7. The average Bonchev–Trinajstić information content (AvgIpc) is 3.24. The van der Waals surface area contributed by atoms with E-state index < -0.39 is 12.1 Å². The first-order valence-corrected chi connectivity index (χ1v) is 12.2. The highest BCUT2D eigenvalue weighted by atomic mass is 32.2. The van der Waals surface area contributed by atoms with Crippen LogP contribution in [0.15, 0.2) is 57.3 Å². The SMILES string of the molecule is Cc1cccc(NC(=O)CSc2nc3c(c(=O)n2-c2ccc(OC(F)(F)F)cc2)SCC3)c1C. The van der Waals surface area contributed by atoms with Crippen LogP contribution in [-0.4, -0.2) is 33.3 Å². The van der Waals surface area contributed by atoms with Gasteiger partial charge in [-0.1, -0.05) is 23.9 Å². The van der Waals surface area contributed by atoms with Gasteiger partial charge in [-0.15, -0.1) is 24.9 Å². The number of aryl methyl sites for hydroxylation is 2. The van der Waals surface area contributed by atoms with Gasteiger partial charge in [0.15, 0.2) is 5.16 Å². The molecule has 1 aliphatic rings. The van der Waals surface area contributed by atoms with Crippen LogP contribution in [0, 0.1) is 13.8 Å². The normalized spacial score (nSPS) is 13.0. The van der Waals surface area contributed by atoms with Crippen LogP contribution in [0.4, 0.5) is 18.9 Å². The zero-order valence-corrected chi connectivity index (χ0v) is 19.9. The van der Waals surface area contributed by atoms with E-state index in [1.165, 1.54) is 28.5 Å². The summed E-state index contributed by atoms with van der Waals surface area (Å²) in [7, 11) is 0. The summed E-state index contributed by atoms with van der Waals surface area (Å²) in [6, 6.07) is 10.6. The summed E-state index contributed by atoms with van der Waals surface area (Å²) in [6.07, 6.45) is -4.18. The number of hydrogen-bond donors (Lipinski definition) is 1. The lowest BCUT2D eigenvalue weighted by molar-refractivity contribution is -0.274. The second-order valence-corrected chi connectivity index (χ2v) is 9.58. The number of alkyl halides is 3. The van der Waals surface area contributed by atoms with Gasteiger partial charge in [0.25, 0.3) is 5.56 Å². The van der Waals surface area contributed by atoms with Crippen molar-refractivity contribution in [2.75, 3.05) is 16.8 Å². The summed E-state index contributed by atoms with van der Waals surface area (Å²) in [4.78, 5) is 30.9. The zero-order chi connectivity index (χ0) is 24.5. The monoisotopic (exact) mass is 507 g/mol. The molecule has 0 saturated heterocycles. The topological polar surface area (TPSA) is 73.2 Å². The Balaban J connectivity index is 1.60. The van der Waals surface area contributed by atoms with Crippen molar-refractivity contribution in [1.29, 1.82) is 0 Å². The van der Waals surface area contributed by atoms with Crippen molar-refractivity contribution in [2.45, 2.75) is 36.7 Å². The van der Waals surface area contributed by atoms with E-state index in [9.17, 15) is 22.8 Å². The zero-order valence-electron chi connectivity index (χ0n) is 18.2. The standard InChI is InChI=1S/C23H20F3N3O3S2/c1-13-4-3-5-17(14(13)2)27-19(30)12-34-22-28-18-10-11-33-20(18)21(31)29(22)15-6-8-16(9-7-15)32-23(24,25)26/h3-9H,10-12H2,1-2H3,(H,27,30). The lowest BCUT2D eigenvalue weighted by Crippen LogP contribution is -2.25. The molecule has 0 radical (unpaired) electrons. The molecule has 0 atom stereocenters. The van der Waals surface area contributed by atoms with E-state index in [-0.39, 0.29) is 17.2 Å². The van der Waals surface area contributed by atoms with E-state index in [0.717, 1.165) is 40.8 Å². The number of nitrogens with one attached hydrogen (secondary N) is 1. The van der Waals surface area contributed by atoms with Crippen LogP contribution in [0.25, 0.3) is 5.69 Å². The molecule has 3 aromatic rings. The second kappa shape index (κ2) is 9.75. The molecule has 6 nitrogen and oxygen atoms in total. The molecule has 0 fully saturated rings. The lowest BCUT2D eigenvalue weighted by Gasteiger charge is -2.15. The molecule has 11 heteroatoms. The van der Waals surface area contributed by atoms with Crippen molar-refractivity contribution in [3.8, 4) is 11.4 Å². The number of carbonyl (C=O) groups excluding carboxylic acids is 1. The van der Waals surface area contributed by atoms with E-state index in [0.29, 0.717) is 33.5 Å². The number of ether oxygens (including phenoxy) is 1. The molecule has 2 aromatic carbocycles. The number of halogens is 3. The Morgan fingerprint density at radius 3 is 2.65 bits per heavy atom. The van der Waals surface area contributed by atoms with Crippen LogP contribution in [0.3, 0.4) is 0 Å². The molecule has 0 saturated carbocycles. The highest BCUT2D eigenvalue weighted by molar-refractivity contribution is 8.00. The van der Waals surface area contributed by atoms with Crippen LogP contribution in [-0.2, 0) is 11.2 Å². The highest BCUT2D eigenvalue weighted by Gasteiger charge is 2.31. The van der Waals surface area contributed by atoms with Crippen LogP contribution in [0.5, 0.6) is 5.75 Å². The summed E-state index contributed by atoms with van der Waals surface area (Å²) in [5.41, 5.74) is 3.41. The Labute approximate surface area is 201 Å². The molecule has 34 heavy (non-hydrogen) atoms. The number of amides is 1. The molecule has 0 unspecified atom stereocenters. The van der Waals surface area contributed by atoms with Gasteiger partial charge in [0, 0.05) is 17.9 Å². The Morgan fingerprint density at radius 1 is 1.21 bits per heavy atom. The largest absolute Gasteiger partial charge is 0.573 e. The van der Waals surface area contributed by atoms with Crippen molar-refractivity contribution in [1.82, 2.24) is 9.55 Å². The van der Waals surface area contributed by atoms with E-state index >= 15 is 0 Å². The maximum absolute atomic E-state index is 13.2. The van der Waals surface area contributed by atoms with Gasteiger partial charge in [0.2, 0.25) is 5.91 Å². The van der Waals surface area contributed by atoms with Crippen LogP contribution in [0.1, 0.15) is 16.8 Å². The molecular formula is C23H20F3N3O3S2. The number of nitrogens with zero attached hydrogens (tertiary/aromatic N) is 2. The minimum atomic E-state index is -4.81. The number of benzene rings is 2. The van der Waals surface area contributed by atoms with E-state index in [4.69, 9.17) is 0 Å². The van der Waals surface area contributed by atoms with E-state index in [2.05, 4.69) is 15.0 Å². The molecule has 2 heterocycles. The third-order valence-corrected chi connectivity index (χ3v) is 7.25. The van der Waals surface area contributed by atoms with Gasteiger partial charge < -0.3 is 10.1 Å². The van der Waals surface area contributed by atoms with Gasteiger partial charge in [-0.3, -0.25) is 14.2 Å². The maximum atomic E-state index is 13.2. The van der Waals surface area contributed by atoms with Gasteiger partial charge in [0.05, 0.1) is 22.0 Å². The summed E-state index contributed by atoms with van der Waals surface area (Å²) in [6.45, 7) is 3.87. The van der Waals surface area contributed by atoms with Crippen molar-refractivity contribution in [2.24, 2.45) is 0 Å². The number of rotatable bonds is 6. The van der Waals surface area contributed by atoms with Crippen molar-refractivity contribution < 1.29 is 22.7 Å². The summed E-state index contributed by atoms with van der Waals surface area (Å²) in [5, 5.41) is 3.17. The summed E-state index contributed by atoms with van der Waals surface area (Å²) >= 11 is 2.49. The minimum absolute atomic E-state index is 0.00101. The predicted octanol–water partition coefficient (Wildman–Crippen LogP) is 5.13. The number of hydrogen-bond acceptors (Lipinski definition) is 6. The minimum Gasteiger partial charge on any atom is -0.406 e. The Hall–Kier alpha value is -2.92. The first-order valence-electron chi connectivity index (χ1n) is 10.3. The average molecular weight is 508 g/mol. The van der Waals surface area contributed by atoms with Crippen molar-refractivity contribution >= 4 is 35.1 Å². The van der Waals surface area contributed by atoms with Crippen LogP contribution >= 0.6 is 23.5 Å².